The lowest BCUT2D eigenvalue weighted by Crippen LogP contribution is -2.37. The summed E-state index contributed by atoms with van der Waals surface area (Å²) in [6.07, 6.45) is 0.295. The van der Waals surface area contributed by atoms with E-state index in [0.717, 1.165) is 24.3 Å². The molecule has 0 saturated carbocycles. The van der Waals surface area contributed by atoms with Crippen LogP contribution in [0.2, 0.25) is 0 Å². The molecule has 1 heterocycles. The molecule has 0 bridgehead atoms. The van der Waals surface area contributed by atoms with Crippen LogP contribution in [0.4, 0.5) is 5.69 Å². The van der Waals surface area contributed by atoms with Crippen LogP contribution in [0.15, 0.2) is 24.3 Å². The Labute approximate surface area is 132 Å². The predicted molar refractivity (Wildman–Crippen MR) is 87.8 cm³/mol. The molecule has 1 fully saturated rings. The van der Waals surface area contributed by atoms with Crippen molar-refractivity contribution >= 4 is 17.5 Å². The maximum atomic E-state index is 12.2. The van der Waals surface area contributed by atoms with Gasteiger partial charge in [-0.15, -0.1) is 0 Å². The second-order valence-corrected chi connectivity index (χ2v) is 5.93. The molecule has 1 aromatic carbocycles. The summed E-state index contributed by atoms with van der Waals surface area (Å²) in [5.74, 6) is -0.247. The van der Waals surface area contributed by atoms with Gasteiger partial charge in [-0.1, -0.05) is 24.6 Å². The number of amides is 2. The van der Waals surface area contributed by atoms with Crippen molar-refractivity contribution in [2.45, 2.75) is 20.3 Å². The van der Waals surface area contributed by atoms with Crippen LogP contribution >= 0.6 is 0 Å². The Kier molecular flexibility index (Phi) is 5.55. The van der Waals surface area contributed by atoms with Gasteiger partial charge < -0.3 is 15.1 Å². The lowest BCUT2D eigenvalue weighted by Gasteiger charge is -2.17. The number of likely N-dealkylation sites (N-methyl/N-ethyl adjacent to an activating group) is 1. The van der Waals surface area contributed by atoms with Crippen LogP contribution in [-0.2, 0) is 9.59 Å². The number of nitrogens with one attached hydrogen (secondary N) is 1. The summed E-state index contributed by atoms with van der Waals surface area (Å²) in [4.78, 5) is 28.2. The van der Waals surface area contributed by atoms with Crippen LogP contribution in [0.25, 0.3) is 0 Å². The molecular formula is C17H25N3O2. The minimum Gasteiger partial charge on any atom is -0.355 e. The lowest BCUT2D eigenvalue weighted by atomic mass is 10.1. The molecule has 0 spiro atoms. The third kappa shape index (κ3) is 4.07. The molecule has 5 nitrogen and oxygen atoms in total. The number of aryl methyl sites for hydroxylation is 1. The summed E-state index contributed by atoms with van der Waals surface area (Å²) >= 11 is 0. The average Bonchev–Trinajstić information content (AvgIpc) is 2.90. The topological polar surface area (TPSA) is 52.7 Å². The third-order valence-corrected chi connectivity index (χ3v) is 4.17. The van der Waals surface area contributed by atoms with Crippen LogP contribution in [0, 0.1) is 12.8 Å². The van der Waals surface area contributed by atoms with Crippen molar-refractivity contribution in [3.8, 4) is 0 Å². The Balaban J connectivity index is 1.88. The summed E-state index contributed by atoms with van der Waals surface area (Å²) in [7, 11) is 2.02. The zero-order valence-corrected chi connectivity index (χ0v) is 13.6. The highest BCUT2D eigenvalue weighted by atomic mass is 16.2. The Bertz CT molecular complexity index is 527. The van der Waals surface area contributed by atoms with Crippen LogP contribution in [-0.4, -0.2) is 49.9 Å². The number of benzene rings is 1. The zero-order chi connectivity index (χ0) is 16.1. The standard InChI is InChI=1S/C17H25N3O2/c1-4-19(3)10-9-18-17(22)14-11-16(21)20(12-14)15-7-5-13(2)6-8-15/h5-8,14H,4,9-12H2,1-3H3,(H,18,22). The smallest absolute Gasteiger partial charge is 0.227 e. The van der Waals surface area contributed by atoms with E-state index in [1.165, 1.54) is 0 Å². The van der Waals surface area contributed by atoms with Gasteiger partial charge in [0.05, 0.1) is 5.92 Å². The molecule has 2 rings (SSSR count). The van der Waals surface area contributed by atoms with Crippen molar-refractivity contribution in [2.75, 3.05) is 38.1 Å². The minimum atomic E-state index is -0.249. The van der Waals surface area contributed by atoms with E-state index < -0.39 is 0 Å². The largest absolute Gasteiger partial charge is 0.355 e. The molecule has 1 aliphatic heterocycles. The molecule has 1 aliphatic rings. The number of carbonyl (C=O) groups is 2. The molecule has 1 aromatic rings. The second-order valence-electron chi connectivity index (χ2n) is 5.93. The van der Waals surface area contributed by atoms with Crippen molar-refractivity contribution in [2.24, 2.45) is 5.92 Å². The van der Waals surface area contributed by atoms with Crippen LogP contribution in [0.3, 0.4) is 0 Å². The molecule has 1 N–H and O–H groups in total. The quantitative estimate of drug-likeness (QED) is 0.864. The number of hydrogen-bond acceptors (Lipinski definition) is 3. The molecule has 120 valence electrons. The van der Waals surface area contributed by atoms with E-state index in [-0.39, 0.29) is 17.7 Å². The Morgan fingerprint density at radius 1 is 1.36 bits per heavy atom. The molecule has 0 radical (unpaired) electrons. The van der Waals surface area contributed by atoms with Crippen molar-refractivity contribution in [1.82, 2.24) is 10.2 Å². The van der Waals surface area contributed by atoms with Gasteiger partial charge in [0.1, 0.15) is 0 Å². The van der Waals surface area contributed by atoms with Crippen molar-refractivity contribution in [3.05, 3.63) is 29.8 Å². The minimum absolute atomic E-state index is 0.0209. The fourth-order valence-electron chi connectivity index (χ4n) is 2.53. The first-order valence-corrected chi connectivity index (χ1v) is 7.84. The van der Waals surface area contributed by atoms with Crippen molar-refractivity contribution in [3.63, 3.8) is 0 Å². The highest BCUT2D eigenvalue weighted by Gasteiger charge is 2.34. The van der Waals surface area contributed by atoms with Gasteiger partial charge in [0.2, 0.25) is 11.8 Å². The van der Waals surface area contributed by atoms with E-state index in [9.17, 15) is 9.59 Å². The third-order valence-electron chi connectivity index (χ3n) is 4.17. The summed E-state index contributed by atoms with van der Waals surface area (Å²) in [6, 6.07) is 7.83. The maximum Gasteiger partial charge on any atom is 0.227 e. The van der Waals surface area contributed by atoms with Crippen molar-refractivity contribution in [1.29, 1.82) is 0 Å². The summed E-state index contributed by atoms with van der Waals surface area (Å²) in [6.45, 7) is 6.97. The Hall–Kier alpha value is -1.88. The van der Waals surface area contributed by atoms with Gasteiger partial charge in [0.15, 0.2) is 0 Å². The second kappa shape index (κ2) is 7.40. The first-order chi connectivity index (χ1) is 10.5. The summed E-state index contributed by atoms with van der Waals surface area (Å²) in [5, 5.41) is 2.93. The molecule has 0 aromatic heterocycles. The average molecular weight is 303 g/mol. The fraction of sp³-hybridized carbons (Fsp3) is 0.529. The van der Waals surface area contributed by atoms with Gasteiger partial charge in [-0.2, -0.15) is 0 Å². The van der Waals surface area contributed by atoms with Gasteiger partial charge >= 0.3 is 0 Å². The number of rotatable bonds is 6. The van der Waals surface area contributed by atoms with Gasteiger partial charge in [-0.05, 0) is 32.6 Å². The molecular weight excluding hydrogens is 278 g/mol. The highest BCUT2D eigenvalue weighted by Crippen LogP contribution is 2.25. The molecule has 1 unspecified atom stereocenters. The normalized spacial score (nSPS) is 18.1. The highest BCUT2D eigenvalue weighted by molar-refractivity contribution is 6.00. The Morgan fingerprint density at radius 2 is 2.05 bits per heavy atom. The van der Waals surface area contributed by atoms with E-state index >= 15 is 0 Å². The zero-order valence-electron chi connectivity index (χ0n) is 13.6. The van der Waals surface area contributed by atoms with E-state index in [2.05, 4.69) is 17.1 Å². The van der Waals surface area contributed by atoms with E-state index in [4.69, 9.17) is 0 Å². The summed E-state index contributed by atoms with van der Waals surface area (Å²) < 4.78 is 0. The van der Waals surface area contributed by atoms with Gasteiger partial charge in [0, 0.05) is 31.7 Å². The monoisotopic (exact) mass is 303 g/mol. The number of carbonyl (C=O) groups excluding carboxylic acids is 2. The molecule has 22 heavy (non-hydrogen) atoms. The fourth-order valence-corrected chi connectivity index (χ4v) is 2.53. The van der Waals surface area contributed by atoms with E-state index in [1.54, 1.807) is 4.90 Å². The molecule has 0 aliphatic carbocycles. The molecule has 1 atom stereocenters. The summed E-state index contributed by atoms with van der Waals surface area (Å²) in [5.41, 5.74) is 2.03. The maximum absolute atomic E-state index is 12.2. The lowest BCUT2D eigenvalue weighted by molar-refractivity contribution is -0.126. The number of hydrogen-bond donors (Lipinski definition) is 1. The Morgan fingerprint density at radius 3 is 2.68 bits per heavy atom. The SMILES string of the molecule is CCN(C)CCNC(=O)C1CC(=O)N(c2ccc(C)cc2)C1. The predicted octanol–water partition coefficient (Wildman–Crippen LogP) is 1.42. The number of nitrogens with zero attached hydrogens (tertiary/aromatic N) is 2. The van der Waals surface area contributed by atoms with E-state index in [0.29, 0.717) is 19.5 Å². The van der Waals surface area contributed by atoms with Gasteiger partial charge in [-0.25, -0.2) is 0 Å². The van der Waals surface area contributed by atoms with Crippen LogP contribution in [0.5, 0.6) is 0 Å². The molecule has 2 amide bonds. The number of anilines is 1. The van der Waals surface area contributed by atoms with Crippen molar-refractivity contribution < 1.29 is 9.59 Å². The first kappa shape index (κ1) is 16.5. The first-order valence-electron chi connectivity index (χ1n) is 7.84. The van der Waals surface area contributed by atoms with Crippen LogP contribution < -0.4 is 10.2 Å². The molecule has 5 heteroatoms. The molecule has 1 saturated heterocycles. The van der Waals surface area contributed by atoms with E-state index in [1.807, 2.05) is 38.2 Å². The van der Waals surface area contributed by atoms with Gasteiger partial charge in [-0.3, -0.25) is 9.59 Å². The van der Waals surface area contributed by atoms with Crippen LogP contribution in [0.1, 0.15) is 18.9 Å². The van der Waals surface area contributed by atoms with Gasteiger partial charge in [0.25, 0.3) is 0 Å².